The number of likely N-dealkylation sites (tertiary alicyclic amines) is 1. The molecule has 3 heterocycles. The molecule has 0 bridgehead atoms. The van der Waals surface area contributed by atoms with Crippen LogP contribution in [0.15, 0.2) is 35.4 Å². The molecule has 28 heavy (non-hydrogen) atoms. The molecule has 0 saturated carbocycles. The largest absolute Gasteiger partial charge is 0.341 e. The Morgan fingerprint density at radius 3 is 2.71 bits per heavy atom. The van der Waals surface area contributed by atoms with Gasteiger partial charge in [0.15, 0.2) is 0 Å². The maximum absolute atomic E-state index is 12.7. The summed E-state index contributed by atoms with van der Waals surface area (Å²) in [6, 6.07) is 7.76. The summed E-state index contributed by atoms with van der Waals surface area (Å²) in [6.07, 6.45) is 11.0. The van der Waals surface area contributed by atoms with Gasteiger partial charge in [0, 0.05) is 35.8 Å². The molecule has 7 heteroatoms. The standard InChI is InChI=1S/C21H19N3O3S/c1-2-9-23-13-15(16-7-3-4-8-17(16)23)12-18-20(26)24(21(27)28-18)14-19(25)22-10-5-6-11-22/h1,3-4,7-8,12-13H,5-6,9-11,14H2. The Morgan fingerprint density at radius 2 is 1.96 bits per heavy atom. The Bertz CT molecular complexity index is 1040. The highest BCUT2D eigenvalue weighted by atomic mass is 32.2. The summed E-state index contributed by atoms with van der Waals surface area (Å²) in [5, 5.41) is 0.550. The van der Waals surface area contributed by atoms with Crippen LogP contribution < -0.4 is 0 Å². The summed E-state index contributed by atoms with van der Waals surface area (Å²) in [5.74, 6) is 2.03. The van der Waals surface area contributed by atoms with Crippen molar-refractivity contribution in [1.82, 2.24) is 14.4 Å². The molecule has 4 rings (SSSR count). The van der Waals surface area contributed by atoms with E-state index in [4.69, 9.17) is 6.42 Å². The number of hydrogen-bond acceptors (Lipinski definition) is 4. The molecule has 0 unspecified atom stereocenters. The first-order valence-corrected chi connectivity index (χ1v) is 9.94. The maximum atomic E-state index is 12.7. The average molecular weight is 393 g/mol. The number of benzene rings is 1. The van der Waals surface area contributed by atoms with Crippen molar-refractivity contribution in [3.05, 3.63) is 40.9 Å². The summed E-state index contributed by atoms with van der Waals surface area (Å²) >= 11 is 0.871. The van der Waals surface area contributed by atoms with Crippen molar-refractivity contribution in [2.75, 3.05) is 19.6 Å². The third kappa shape index (κ3) is 3.32. The van der Waals surface area contributed by atoms with Crippen LogP contribution >= 0.6 is 11.8 Å². The molecule has 0 atom stereocenters. The number of carbonyl (C=O) groups is 3. The van der Waals surface area contributed by atoms with Crippen LogP contribution in [0.4, 0.5) is 4.79 Å². The topological polar surface area (TPSA) is 62.6 Å². The fraction of sp³-hybridized carbons (Fsp3) is 0.286. The van der Waals surface area contributed by atoms with Crippen LogP contribution in [0.5, 0.6) is 0 Å². The second kappa shape index (κ2) is 7.56. The maximum Gasteiger partial charge on any atom is 0.294 e. The van der Waals surface area contributed by atoms with Crippen molar-refractivity contribution in [2.24, 2.45) is 0 Å². The van der Waals surface area contributed by atoms with E-state index in [9.17, 15) is 14.4 Å². The molecule has 2 saturated heterocycles. The second-order valence-corrected chi connectivity index (χ2v) is 7.78. The van der Waals surface area contributed by atoms with Gasteiger partial charge in [-0.3, -0.25) is 19.3 Å². The molecule has 2 aromatic rings. The number of hydrogen-bond donors (Lipinski definition) is 0. The highest BCUT2D eigenvalue weighted by molar-refractivity contribution is 8.18. The molecule has 0 N–H and O–H groups in total. The Balaban J connectivity index is 1.60. The van der Waals surface area contributed by atoms with Crippen LogP contribution in [0, 0.1) is 12.3 Å². The van der Waals surface area contributed by atoms with Gasteiger partial charge in [0.1, 0.15) is 6.54 Å². The summed E-state index contributed by atoms with van der Waals surface area (Å²) in [4.78, 5) is 40.5. The number of amides is 3. The normalized spacial score (nSPS) is 18.5. The van der Waals surface area contributed by atoms with Gasteiger partial charge in [-0.2, -0.15) is 0 Å². The van der Waals surface area contributed by atoms with E-state index in [2.05, 4.69) is 5.92 Å². The molecule has 0 spiro atoms. The number of terminal acetylenes is 1. The molecule has 3 amide bonds. The lowest BCUT2D eigenvalue weighted by Gasteiger charge is -2.18. The Labute approximate surface area is 167 Å². The van der Waals surface area contributed by atoms with Gasteiger partial charge in [0.2, 0.25) is 5.91 Å². The summed E-state index contributed by atoms with van der Waals surface area (Å²) in [7, 11) is 0. The Morgan fingerprint density at radius 1 is 1.21 bits per heavy atom. The van der Waals surface area contributed by atoms with E-state index in [1.807, 2.05) is 35.0 Å². The van der Waals surface area contributed by atoms with Gasteiger partial charge in [-0.15, -0.1) is 6.42 Å². The molecule has 142 valence electrons. The van der Waals surface area contributed by atoms with Crippen molar-refractivity contribution in [3.63, 3.8) is 0 Å². The first-order valence-electron chi connectivity index (χ1n) is 9.13. The van der Waals surface area contributed by atoms with E-state index in [0.717, 1.165) is 46.0 Å². The van der Waals surface area contributed by atoms with Gasteiger partial charge >= 0.3 is 0 Å². The zero-order chi connectivity index (χ0) is 19.7. The number of thioether (sulfide) groups is 1. The van der Waals surface area contributed by atoms with Gasteiger partial charge in [-0.1, -0.05) is 24.1 Å². The number of nitrogens with zero attached hydrogens (tertiary/aromatic N) is 3. The highest BCUT2D eigenvalue weighted by Gasteiger charge is 2.37. The fourth-order valence-electron chi connectivity index (χ4n) is 3.60. The van der Waals surface area contributed by atoms with E-state index in [0.29, 0.717) is 24.5 Å². The first kappa shape index (κ1) is 18.4. The fourth-order valence-corrected chi connectivity index (χ4v) is 4.43. The molecule has 1 aromatic heterocycles. The van der Waals surface area contributed by atoms with Crippen LogP contribution in [0.25, 0.3) is 17.0 Å². The zero-order valence-electron chi connectivity index (χ0n) is 15.3. The SMILES string of the molecule is C#CCn1cc(C=C2SC(=O)N(CC(=O)N3CCCC3)C2=O)c2ccccc21. The van der Waals surface area contributed by atoms with Crippen molar-refractivity contribution >= 4 is 45.8 Å². The summed E-state index contributed by atoms with van der Waals surface area (Å²) in [6.45, 7) is 1.61. The highest BCUT2D eigenvalue weighted by Crippen LogP contribution is 2.34. The Kier molecular flexibility index (Phi) is 4.97. The lowest BCUT2D eigenvalue weighted by Crippen LogP contribution is -2.40. The molecule has 2 aliphatic heterocycles. The number of fused-ring (bicyclic) bond motifs is 1. The van der Waals surface area contributed by atoms with Crippen molar-refractivity contribution in [1.29, 1.82) is 0 Å². The molecule has 2 aliphatic rings. The Hall–Kier alpha value is -2.98. The number of carbonyl (C=O) groups excluding carboxylic acids is 3. The molecule has 2 fully saturated rings. The minimum absolute atomic E-state index is 0.174. The molecule has 6 nitrogen and oxygen atoms in total. The van der Waals surface area contributed by atoms with Crippen LogP contribution in [-0.2, 0) is 16.1 Å². The molecular weight excluding hydrogens is 374 g/mol. The molecule has 0 aliphatic carbocycles. The smallest absolute Gasteiger partial charge is 0.294 e. The molecular formula is C21H19N3O3S. The van der Waals surface area contributed by atoms with E-state index < -0.39 is 11.1 Å². The van der Waals surface area contributed by atoms with Crippen molar-refractivity contribution in [2.45, 2.75) is 19.4 Å². The predicted octanol–water partition coefficient (Wildman–Crippen LogP) is 2.93. The summed E-state index contributed by atoms with van der Waals surface area (Å²) < 4.78 is 1.93. The van der Waals surface area contributed by atoms with Gasteiger partial charge in [-0.05, 0) is 36.7 Å². The van der Waals surface area contributed by atoms with E-state index in [1.54, 1.807) is 11.0 Å². The first-order chi connectivity index (χ1) is 13.6. The predicted molar refractivity (Wildman–Crippen MR) is 109 cm³/mol. The quantitative estimate of drug-likeness (QED) is 0.592. The molecule has 0 radical (unpaired) electrons. The van der Waals surface area contributed by atoms with Crippen LogP contribution in [0.1, 0.15) is 18.4 Å². The monoisotopic (exact) mass is 393 g/mol. The lowest BCUT2D eigenvalue weighted by atomic mass is 10.1. The number of rotatable bonds is 4. The second-order valence-electron chi connectivity index (χ2n) is 6.79. The molecule has 1 aromatic carbocycles. The van der Waals surface area contributed by atoms with Gasteiger partial charge in [0.25, 0.3) is 11.1 Å². The lowest BCUT2D eigenvalue weighted by molar-refractivity contribution is -0.135. The summed E-state index contributed by atoms with van der Waals surface area (Å²) in [5.41, 5.74) is 1.79. The number of imide groups is 1. The third-order valence-electron chi connectivity index (χ3n) is 4.99. The average Bonchev–Trinajstić information content (AvgIpc) is 3.39. The minimum atomic E-state index is -0.420. The van der Waals surface area contributed by atoms with E-state index in [1.165, 1.54) is 0 Å². The zero-order valence-corrected chi connectivity index (χ0v) is 16.1. The minimum Gasteiger partial charge on any atom is -0.341 e. The van der Waals surface area contributed by atoms with Gasteiger partial charge in [-0.25, -0.2) is 0 Å². The van der Waals surface area contributed by atoms with Crippen LogP contribution in [0.2, 0.25) is 0 Å². The number of para-hydroxylation sites is 1. The van der Waals surface area contributed by atoms with Crippen LogP contribution in [-0.4, -0.2) is 51.1 Å². The van der Waals surface area contributed by atoms with Gasteiger partial charge in [0.05, 0.1) is 11.4 Å². The van der Waals surface area contributed by atoms with Crippen molar-refractivity contribution < 1.29 is 14.4 Å². The third-order valence-corrected chi connectivity index (χ3v) is 5.90. The van der Waals surface area contributed by atoms with E-state index >= 15 is 0 Å². The van der Waals surface area contributed by atoms with E-state index in [-0.39, 0.29) is 12.5 Å². The van der Waals surface area contributed by atoms with Crippen LogP contribution in [0.3, 0.4) is 0 Å². The number of aromatic nitrogens is 1. The van der Waals surface area contributed by atoms with Gasteiger partial charge < -0.3 is 9.47 Å². The van der Waals surface area contributed by atoms with Crippen molar-refractivity contribution in [3.8, 4) is 12.3 Å².